The van der Waals surface area contributed by atoms with Crippen LogP contribution < -0.4 is 5.32 Å². The van der Waals surface area contributed by atoms with Crippen molar-refractivity contribution in [3.63, 3.8) is 0 Å². The lowest BCUT2D eigenvalue weighted by Gasteiger charge is -2.07. The van der Waals surface area contributed by atoms with Crippen LogP contribution in [0, 0.1) is 5.82 Å². The Morgan fingerprint density at radius 3 is 2.42 bits per heavy atom. The van der Waals surface area contributed by atoms with E-state index in [0.29, 0.717) is 15.7 Å². The van der Waals surface area contributed by atoms with Gasteiger partial charge >= 0.3 is 0 Å². The smallest absolute Gasteiger partial charge is 0.255 e. The fourth-order valence-corrected chi connectivity index (χ4v) is 1.72. The molecule has 2 rings (SSSR count). The number of nitrogens with one attached hydrogen (secondary N) is 1. The fourth-order valence-electron chi connectivity index (χ4n) is 1.38. The van der Waals surface area contributed by atoms with Gasteiger partial charge in [0.25, 0.3) is 5.91 Å². The second kappa shape index (κ2) is 7.76. The van der Waals surface area contributed by atoms with Crippen LogP contribution in [0.4, 0.5) is 10.1 Å². The molecule has 5 heteroatoms. The van der Waals surface area contributed by atoms with Crippen molar-refractivity contribution in [3.8, 4) is 0 Å². The second-order valence-corrected chi connectivity index (χ2v) is 4.30. The number of thiocarbonyl (C=S) groups is 1. The molecule has 0 aliphatic rings. The Morgan fingerprint density at radius 1 is 1.16 bits per heavy atom. The third-order valence-corrected chi connectivity index (χ3v) is 2.90. The Labute approximate surface area is 124 Å². The minimum Gasteiger partial charge on any atom is -0.321 e. The molecule has 0 radical (unpaired) electrons. The molecule has 0 saturated heterocycles. The molecule has 1 amide bonds. The van der Waals surface area contributed by atoms with Gasteiger partial charge in [-0.15, -0.1) is 0 Å². The van der Waals surface area contributed by atoms with Crippen LogP contribution >= 0.6 is 28.1 Å². The van der Waals surface area contributed by atoms with E-state index in [-0.39, 0.29) is 5.91 Å². The number of halogens is 2. The standard InChI is InChI=1S/C13H9BrFNO.CH2S/c14-11-7-6-10(15)8-12(11)16-13(17)9-4-2-1-3-5-9;1-2/h1-8H,(H,16,17);1H2. The normalized spacial score (nSPS) is 9.16. The molecule has 0 fully saturated rings. The number of rotatable bonds is 2. The van der Waals surface area contributed by atoms with Gasteiger partial charge in [-0.05, 0) is 52.1 Å². The van der Waals surface area contributed by atoms with Gasteiger partial charge in [-0.3, -0.25) is 4.79 Å². The molecule has 2 aromatic carbocycles. The average Bonchev–Trinajstić information content (AvgIpc) is 2.46. The van der Waals surface area contributed by atoms with Gasteiger partial charge in [-0.1, -0.05) is 30.4 Å². The molecule has 0 spiro atoms. The summed E-state index contributed by atoms with van der Waals surface area (Å²) in [6, 6.07) is 12.9. The van der Waals surface area contributed by atoms with Crippen LogP contribution in [-0.4, -0.2) is 11.8 Å². The van der Waals surface area contributed by atoms with Gasteiger partial charge in [0.2, 0.25) is 0 Å². The Morgan fingerprint density at radius 2 is 1.79 bits per heavy atom. The molecule has 19 heavy (non-hydrogen) atoms. The molecule has 0 aliphatic heterocycles. The molecule has 0 atom stereocenters. The summed E-state index contributed by atoms with van der Waals surface area (Å²) >= 11 is 7.08. The second-order valence-electron chi connectivity index (χ2n) is 3.44. The Hall–Kier alpha value is -1.59. The van der Waals surface area contributed by atoms with Crippen LogP contribution in [0.3, 0.4) is 0 Å². The SMILES string of the molecule is C=S.O=C(Nc1cc(F)ccc1Br)c1ccccc1. The van der Waals surface area contributed by atoms with Crippen LogP contribution in [0.5, 0.6) is 0 Å². The number of carbonyl (C=O) groups excluding carboxylic acids is 1. The van der Waals surface area contributed by atoms with E-state index < -0.39 is 5.82 Å². The van der Waals surface area contributed by atoms with Crippen molar-refractivity contribution in [2.45, 2.75) is 0 Å². The van der Waals surface area contributed by atoms with Crippen molar-refractivity contribution in [3.05, 3.63) is 64.4 Å². The van der Waals surface area contributed by atoms with Gasteiger partial charge < -0.3 is 5.32 Å². The minimum absolute atomic E-state index is 0.267. The van der Waals surface area contributed by atoms with Gasteiger partial charge in [0.15, 0.2) is 0 Å². The van der Waals surface area contributed by atoms with E-state index in [1.165, 1.54) is 12.1 Å². The van der Waals surface area contributed by atoms with Gasteiger partial charge in [0.05, 0.1) is 5.69 Å². The van der Waals surface area contributed by atoms with E-state index in [0.717, 1.165) is 0 Å². The molecule has 98 valence electrons. The number of hydrogen-bond acceptors (Lipinski definition) is 2. The topological polar surface area (TPSA) is 29.1 Å². The molecule has 0 saturated carbocycles. The molecule has 2 nitrogen and oxygen atoms in total. The zero-order valence-electron chi connectivity index (χ0n) is 9.90. The summed E-state index contributed by atoms with van der Waals surface area (Å²) in [7, 11) is 0. The molecular formula is C14H11BrFNOS. The van der Waals surface area contributed by atoms with Gasteiger partial charge in [-0.2, -0.15) is 0 Å². The van der Waals surface area contributed by atoms with Gasteiger partial charge in [-0.25, -0.2) is 4.39 Å². The number of amides is 1. The van der Waals surface area contributed by atoms with Crippen LogP contribution in [0.1, 0.15) is 10.4 Å². The lowest BCUT2D eigenvalue weighted by atomic mass is 10.2. The first kappa shape index (κ1) is 15.5. The van der Waals surface area contributed by atoms with Crippen molar-refractivity contribution >= 4 is 45.6 Å². The maximum Gasteiger partial charge on any atom is 0.255 e. The van der Waals surface area contributed by atoms with Crippen molar-refractivity contribution in [1.82, 2.24) is 0 Å². The first-order chi connectivity index (χ1) is 9.16. The maximum atomic E-state index is 13.0. The average molecular weight is 340 g/mol. The Kier molecular flexibility index (Phi) is 6.32. The third-order valence-electron chi connectivity index (χ3n) is 2.21. The van der Waals surface area contributed by atoms with E-state index in [4.69, 9.17) is 0 Å². The van der Waals surface area contributed by atoms with Crippen molar-refractivity contribution in [2.24, 2.45) is 0 Å². The van der Waals surface area contributed by atoms with E-state index in [9.17, 15) is 9.18 Å². The molecule has 1 N–H and O–H groups in total. The lowest BCUT2D eigenvalue weighted by molar-refractivity contribution is 0.102. The zero-order chi connectivity index (χ0) is 14.3. The molecule has 0 bridgehead atoms. The summed E-state index contributed by atoms with van der Waals surface area (Å²) in [5.74, 6) is 2.17. The quantitative estimate of drug-likeness (QED) is 0.818. The fraction of sp³-hybridized carbons (Fsp3) is 0. The van der Waals surface area contributed by atoms with E-state index in [2.05, 4.69) is 39.3 Å². The summed E-state index contributed by atoms with van der Waals surface area (Å²) in [4.78, 5) is 11.8. The predicted octanol–water partition coefficient (Wildman–Crippen LogP) is 4.46. The highest BCUT2D eigenvalue weighted by atomic mass is 79.9. The van der Waals surface area contributed by atoms with Gasteiger partial charge in [0, 0.05) is 10.0 Å². The maximum absolute atomic E-state index is 13.0. The first-order valence-electron chi connectivity index (χ1n) is 5.27. The van der Waals surface area contributed by atoms with Crippen molar-refractivity contribution < 1.29 is 9.18 Å². The summed E-state index contributed by atoms with van der Waals surface area (Å²) < 4.78 is 13.7. The van der Waals surface area contributed by atoms with E-state index in [1.807, 2.05) is 6.07 Å². The molecular weight excluding hydrogens is 329 g/mol. The van der Waals surface area contributed by atoms with Crippen LogP contribution in [0.15, 0.2) is 53.0 Å². The Balaban J connectivity index is 0.000000861. The van der Waals surface area contributed by atoms with Crippen LogP contribution in [0.2, 0.25) is 0 Å². The number of anilines is 1. The molecule has 0 heterocycles. The highest BCUT2D eigenvalue weighted by molar-refractivity contribution is 9.10. The zero-order valence-corrected chi connectivity index (χ0v) is 12.3. The molecule has 0 unspecified atom stereocenters. The number of hydrogen-bond donors (Lipinski definition) is 1. The monoisotopic (exact) mass is 339 g/mol. The van der Waals surface area contributed by atoms with Crippen molar-refractivity contribution in [2.75, 3.05) is 5.32 Å². The molecule has 2 aromatic rings. The third kappa shape index (κ3) is 4.54. The van der Waals surface area contributed by atoms with Crippen LogP contribution in [0.25, 0.3) is 0 Å². The molecule has 0 aliphatic carbocycles. The minimum atomic E-state index is -0.392. The molecule has 0 aromatic heterocycles. The highest BCUT2D eigenvalue weighted by Crippen LogP contribution is 2.23. The lowest BCUT2D eigenvalue weighted by Crippen LogP contribution is -2.12. The van der Waals surface area contributed by atoms with Crippen molar-refractivity contribution in [1.29, 1.82) is 0 Å². The predicted molar refractivity (Wildman–Crippen MR) is 83.2 cm³/mol. The van der Waals surface area contributed by atoms with E-state index >= 15 is 0 Å². The highest BCUT2D eigenvalue weighted by Gasteiger charge is 2.08. The first-order valence-corrected chi connectivity index (χ1v) is 6.64. The van der Waals surface area contributed by atoms with Gasteiger partial charge in [0.1, 0.15) is 5.82 Å². The van der Waals surface area contributed by atoms with Crippen LogP contribution in [-0.2, 0) is 0 Å². The van der Waals surface area contributed by atoms with E-state index in [1.54, 1.807) is 30.3 Å². The number of carbonyl (C=O) groups is 1. The summed E-state index contributed by atoms with van der Waals surface area (Å²) in [6.45, 7) is 0. The Bertz CT molecular complexity index is 563. The summed E-state index contributed by atoms with van der Waals surface area (Å²) in [5, 5.41) is 2.64. The summed E-state index contributed by atoms with van der Waals surface area (Å²) in [6.07, 6.45) is 0. The summed E-state index contributed by atoms with van der Waals surface area (Å²) in [5.41, 5.74) is 0.947. The largest absolute Gasteiger partial charge is 0.321 e. The number of benzene rings is 2.